The van der Waals surface area contributed by atoms with Crippen LogP contribution in [-0.4, -0.2) is 34.3 Å². The van der Waals surface area contributed by atoms with Crippen molar-refractivity contribution >= 4 is 23.6 Å². The van der Waals surface area contributed by atoms with E-state index in [0.717, 1.165) is 11.6 Å². The second kappa shape index (κ2) is 8.39. The molecule has 0 bridgehead atoms. The summed E-state index contributed by atoms with van der Waals surface area (Å²) in [4.78, 5) is 23.0. The number of methoxy groups -OCH3 is 1. The van der Waals surface area contributed by atoms with Crippen molar-refractivity contribution < 1.29 is 29.6 Å². The molecule has 0 spiro atoms. The lowest BCUT2D eigenvalue weighted by Crippen LogP contribution is -2.11. The van der Waals surface area contributed by atoms with Crippen LogP contribution in [0.15, 0.2) is 54.6 Å². The molecule has 0 fully saturated rings. The van der Waals surface area contributed by atoms with Gasteiger partial charge in [-0.15, -0.1) is 0 Å². The molecule has 0 heterocycles. The molecular formula is C19H17NO6. The molecule has 0 aliphatic rings. The highest BCUT2D eigenvalue weighted by atomic mass is 16.5. The zero-order chi connectivity index (χ0) is 19.1. The van der Waals surface area contributed by atoms with Crippen molar-refractivity contribution in [1.82, 2.24) is 0 Å². The Morgan fingerprint density at radius 2 is 1.85 bits per heavy atom. The van der Waals surface area contributed by atoms with Crippen molar-refractivity contribution in [3.63, 3.8) is 0 Å². The van der Waals surface area contributed by atoms with Crippen LogP contribution in [0, 0.1) is 0 Å². The number of allylic oxidation sites excluding steroid dienone is 2. The van der Waals surface area contributed by atoms with E-state index in [1.165, 1.54) is 37.5 Å². The smallest absolute Gasteiger partial charge is 0.337 e. The Balaban J connectivity index is 2.03. The number of aromatic hydroxyl groups is 2. The van der Waals surface area contributed by atoms with Gasteiger partial charge in [0.15, 0.2) is 11.5 Å². The molecule has 7 nitrogen and oxygen atoms in total. The molecule has 26 heavy (non-hydrogen) atoms. The van der Waals surface area contributed by atoms with Crippen molar-refractivity contribution in [3.8, 4) is 17.2 Å². The van der Waals surface area contributed by atoms with Gasteiger partial charge in [0.2, 0.25) is 5.91 Å². The van der Waals surface area contributed by atoms with Crippen molar-refractivity contribution in [2.45, 2.75) is 0 Å². The fourth-order valence-corrected chi connectivity index (χ4v) is 2.10. The van der Waals surface area contributed by atoms with Crippen LogP contribution < -0.4 is 10.1 Å². The van der Waals surface area contributed by atoms with Gasteiger partial charge in [0.05, 0.1) is 18.4 Å². The molecule has 0 aliphatic heterocycles. The maximum absolute atomic E-state index is 11.9. The molecular weight excluding hydrogens is 338 g/mol. The van der Waals surface area contributed by atoms with Crippen LogP contribution in [0.5, 0.6) is 17.2 Å². The fraction of sp³-hybridized carbons (Fsp3) is 0.0526. The monoisotopic (exact) mass is 355 g/mol. The van der Waals surface area contributed by atoms with Gasteiger partial charge in [0.1, 0.15) is 5.75 Å². The maximum atomic E-state index is 11.9. The Morgan fingerprint density at radius 1 is 1.08 bits per heavy atom. The zero-order valence-electron chi connectivity index (χ0n) is 13.8. The number of carbonyl (C=O) groups excluding carboxylic acids is 1. The highest BCUT2D eigenvalue weighted by molar-refractivity contribution is 6.04. The van der Waals surface area contributed by atoms with Crippen LogP contribution in [0.4, 0.5) is 5.69 Å². The van der Waals surface area contributed by atoms with Gasteiger partial charge in [-0.1, -0.05) is 24.3 Å². The number of hydrogen-bond donors (Lipinski definition) is 4. The van der Waals surface area contributed by atoms with Crippen LogP contribution in [0.1, 0.15) is 15.9 Å². The number of nitrogens with one attached hydrogen (secondary N) is 1. The Labute approximate surface area is 149 Å². The topological polar surface area (TPSA) is 116 Å². The molecule has 134 valence electrons. The van der Waals surface area contributed by atoms with Crippen molar-refractivity contribution in [1.29, 1.82) is 0 Å². The number of anilines is 1. The number of hydrogen-bond acceptors (Lipinski definition) is 5. The number of carboxylic acid groups (broad SMARTS) is 1. The first-order chi connectivity index (χ1) is 12.4. The molecule has 0 unspecified atom stereocenters. The van der Waals surface area contributed by atoms with E-state index in [9.17, 15) is 19.8 Å². The Morgan fingerprint density at radius 3 is 2.54 bits per heavy atom. The second-order valence-electron chi connectivity index (χ2n) is 5.17. The minimum atomic E-state index is -1.26. The average molecular weight is 355 g/mol. The van der Waals surface area contributed by atoms with E-state index in [1.54, 1.807) is 24.3 Å². The van der Waals surface area contributed by atoms with E-state index >= 15 is 0 Å². The molecule has 2 rings (SSSR count). The lowest BCUT2D eigenvalue weighted by molar-refractivity contribution is -0.111. The number of phenols is 2. The number of amides is 1. The molecule has 1 amide bonds. The first-order valence-corrected chi connectivity index (χ1v) is 7.49. The lowest BCUT2D eigenvalue weighted by atomic mass is 10.1. The summed E-state index contributed by atoms with van der Waals surface area (Å²) < 4.78 is 5.00. The summed E-state index contributed by atoms with van der Waals surface area (Å²) in [6, 6.07) is 8.45. The first-order valence-electron chi connectivity index (χ1n) is 7.49. The highest BCUT2D eigenvalue weighted by Crippen LogP contribution is 2.26. The Kier molecular flexibility index (Phi) is 6.00. The van der Waals surface area contributed by atoms with Gasteiger partial charge >= 0.3 is 5.97 Å². The molecule has 0 aliphatic carbocycles. The summed E-state index contributed by atoms with van der Waals surface area (Å²) in [6.45, 7) is 0. The van der Waals surface area contributed by atoms with Crippen molar-refractivity contribution in [3.05, 3.63) is 65.8 Å². The van der Waals surface area contributed by atoms with E-state index in [0.29, 0.717) is 5.75 Å². The minimum Gasteiger partial charge on any atom is -0.508 e. The largest absolute Gasteiger partial charge is 0.508 e. The van der Waals surface area contributed by atoms with Crippen LogP contribution in [0.3, 0.4) is 0 Å². The predicted octanol–water partition coefficient (Wildman–Crippen LogP) is 3.01. The van der Waals surface area contributed by atoms with E-state index in [2.05, 4.69) is 5.32 Å². The van der Waals surface area contributed by atoms with Crippen LogP contribution in [0.2, 0.25) is 0 Å². The number of rotatable bonds is 6. The number of carbonyl (C=O) groups is 2. The van der Waals surface area contributed by atoms with Crippen LogP contribution >= 0.6 is 0 Å². The second-order valence-corrected chi connectivity index (χ2v) is 5.17. The minimum absolute atomic E-state index is 0.0303. The molecule has 2 aromatic carbocycles. The molecule has 0 radical (unpaired) electrons. The maximum Gasteiger partial charge on any atom is 0.337 e. The molecule has 0 saturated carbocycles. The summed E-state index contributed by atoms with van der Waals surface area (Å²) >= 11 is 0. The zero-order valence-corrected chi connectivity index (χ0v) is 13.8. The summed E-state index contributed by atoms with van der Waals surface area (Å²) in [5, 5.41) is 30.4. The van der Waals surface area contributed by atoms with Gasteiger partial charge in [-0.3, -0.25) is 4.79 Å². The SMILES string of the molecule is COc1cc(C=CC=CC(=O)Nc2ccc(O)cc2C(=O)O)ccc1O. The van der Waals surface area contributed by atoms with Crippen LogP contribution in [0.25, 0.3) is 6.08 Å². The number of benzene rings is 2. The fourth-order valence-electron chi connectivity index (χ4n) is 2.10. The van der Waals surface area contributed by atoms with Gasteiger partial charge in [-0.25, -0.2) is 4.79 Å². The van der Waals surface area contributed by atoms with Gasteiger partial charge in [0, 0.05) is 6.08 Å². The van der Waals surface area contributed by atoms with Gasteiger partial charge < -0.3 is 25.4 Å². The standard InChI is InChI=1S/C19H17NO6/c1-26-17-10-12(6-9-16(17)22)4-2-3-5-18(23)20-15-8-7-13(21)11-14(15)19(24)25/h2-11,21-22H,1H3,(H,20,23)(H,24,25). The van der Waals surface area contributed by atoms with Crippen molar-refractivity contribution in [2.75, 3.05) is 12.4 Å². The third kappa shape index (κ3) is 4.88. The van der Waals surface area contributed by atoms with Gasteiger partial charge in [0.25, 0.3) is 0 Å². The van der Waals surface area contributed by atoms with E-state index < -0.39 is 11.9 Å². The molecule has 7 heteroatoms. The van der Waals surface area contributed by atoms with E-state index in [-0.39, 0.29) is 22.7 Å². The first kappa shape index (κ1) is 18.6. The normalized spacial score (nSPS) is 11.0. The average Bonchev–Trinajstić information content (AvgIpc) is 2.61. The Bertz CT molecular complexity index is 886. The highest BCUT2D eigenvalue weighted by Gasteiger charge is 2.12. The number of carboxylic acids is 1. The summed E-state index contributed by atoms with van der Waals surface area (Å²) in [5.74, 6) is -1.62. The number of aromatic carboxylic acids is 1. The lowest BCUT2D eigenvalue weighted by Gasteiger charge is -2.06. The van der Waals surface area contributed by atoms with E-state index in [1.807, 2.05) is 0 Å². The molecule has 0 aromatic heterocycles. The molecule has 4 N–H and O–H groups in total. The predicted molar refractivity (Wildman–Crippen MR) is 96.5 cm³/mol. The molecule has 0 atom stereocenters. The summed E-state index contributed by atoms with van der Waals surface area (Å²) in [5.41, 5.74) is 0.632. The quantitative estimate of drug-likeness (QED) is 0.360. The van der Waals surface area contributed by atoms with E-state index in [4.69, 9.17) is 9.84 Å². The van der Waals surface area contributed by atoms with Gasteiger partial charge in [-0.05, 0) is 35.9 Å². The van der Waals surface area contributed by atoms with Gasteiger partial charge in [-0.2, -0.15) is 0 Å². The molecule has 0 saturated heterocycles. The summed E-state index contributed by atoms with van der Waals surface area (Å²) in [6.07, 6.45) is 6.03. The van der Waals surface area contributed by atoms with Crippen molar-refractivity contribution in [2.24, 2.45) is 0 Å². The Hall–Kier alpha value is -3.74. The number of phenolic OH excluding ortho intramolecular Hbond substituents is 2. The third-order valence-corrected chi connectivity index (χ3v) is 3.34. The summed E-state index contributed by atoms with van der Waals surface area (Å²) in [7, 11) is 1.45. The van der Waals surface area contributed by atoms with Crippen LogP contribution in [-0.2, 0) is 4.79 Å². The third-order valence-electron chi connectivity index (χ3n) is 3.34. The number of ether oxygens (including phenoxy) is 1. The molecule has 2 aromatic rings.